The number of aromatic nitrogens is 1. The average Bonchev–Trinajstić information content (AvgIpc) is 2.42. The third-order valence-corrected chi connectivity index (χ3v) is 2.84. The molecule has 19 heavy (non-hydrogen) atoms. The summed E-state index contributed by atoms with van der Waals surface area (Å²) in [5.41, 5.74) is 6.52. The Bertz CT molecular complexity index is 743. The molecule has 1 aromatic heterocycles. The lowest BCUT2D eigenvalue weighted by molar-refractivity contribution is 0.482. The van der Waals surface area contributed by atoms with E-state index in [9.17, 15) is 4.39 Å². The quantitative estimate of drug-likeness (QED) is 0.708. The van der Waals surface area contributed by atoms with E-state index in [1.165, 1.54) is 12.1 Å². The van der Waals surface area contributed by atoms with Gasteiger partial charge in [-0.05, 0) is 30.3 Å². The van der Waals surface area contributed by atoms with Crippen molar-refractivity contribution in [2.75, 3.05) is 5.73 Å². The van der Waals surface area contributed by atoms with Gasteiger partial charge in [0.25, 0.3) is 0 Å². The van der Waals surface area contributed by atoms with Crippen LogP contribution in [0.1, 0.15) is 0 Å². The zero-order chi connectivity index (χ0) is 13.2. The Kier molecular flexibility index (Phi) is 2.76. The number of anilines is 1. The fourth-order valence-corrected chi connectivity index (χ4v) is 1.93. The van der Waals surface area contributed by atoms with Crippen LogP contribution in [-0.2, 0) is 0 Å². The number of ether oxygens (including phenoxy) is 1. The van der Waals surface area contributed by atoms with Crippen LogP contribution in [0.2, 0.25) is 0 Å². The van der Waals surface area contributed by atoms with E-state index >= 15 is 0 Å². The minimum Gasteiger partial charge on any atom is -0.457 e. The molecule has 0 aliphatic rings. The molecule has 0 radical (unpaired) electrons. The van der Waals surface area contributed by atoms with Gasteiger partial charge in [0.15, 0.2) is 0 Å². The molecule has 2 aromatic carbocycles. The molecule has 0 amide bonds. The number of fused-ring (bicyclic) bond motifs is 1. The number of halogens is 1. The number of hydrogen-bond acceptors (Lipinski definition) is 3. The van der Waals surface area contributed by atoms with E-state index in [-0.39, 0.29) is 5.82 Å². The summed E-state index contributed by atoms with van der Waals surface area (Å²) >= 11 is 0. The lowest BCUT2D eigenvalue weighted by Gasteiger charge is -2.10. The smallest absolute Gasteiger partial charge is 0.135 e. The summed E-state index contributed by atoms with van der Waals surface area (Å²) in [5, 5.41) is 1.66. The Labute approximate surface area is 109 Å². The first-order chi connectivity index (χ1) is 9.24. The van der Waals surface area contributed by atoms with E-state index in [0.29, 0.717) is 17.2 Å². The molecule has 3 nitrogen and oxygen atoms in total. The molecule has 0 spiro atoms. The SMILES string of the molecule is Nc1ccc(Oc2cccc(F)c2)c2ccncc12. The summed E-state index contributed by atoms with van der Waals surface area (Å²) in [6.07, 6.45) is 3.35. The van der Waals surface area contributed by atoms with Gasteiger partial charge < -0.3 is 10.5 Å². The molecule has 0 unspecified atom stereocenters. The van der Waals surface area contributed by atoms with Crippen LogP contribution in [-0.4, -0.2) is 4.98 Å². The second kappa shape index (κ2) is 4.57. The first-order valence-electron chi connectivity index (χ1n) is 5.80. The standard InChI is InChI=1S/C15H11FN2O/c16-10-2-1-3-11(8-10)19-15-5-4-14(17)13-9-18-7-6-12(13)15/h1-9H,17H2. The van der Waals surface area contributed by atoms with Crippen molar-refractivity contribution < 1.29 is 9.13 Å². The van der Waals surface area contributed by atoms with Crippen molar-refractivity contribution in [1.82, 2.24) is 4.98 Å². The second-order valence-corrected chi connectivity index (χ2v) is 4.13. The first kappa shape index (κ1) is 11.5. The summed E-state index contributed by atoms with van der Waals surface area (Å²) in [6.45, 7) is 0. The molecular formula is C15H11FN2O. The van der Waals surface area contributed by atoms with Gasteiger partial charge >= 0.3 is 0 Å². The number of nitrogen functional groups attached to an aromatic ring is 1. The number of rotatable bonds is 2. The van der Waals surface area contributed by atoms with Crippen molar-refractivity contribution in [3.63, 3.8) is 0 Å². The fraction of sp³-hybridized carbons (Fsp3) is 0. The summed E-state index contributed by atoms with van der Waals surface area (Å²) in [6, 6.07) is 11.3. The summed E-state index contributed by atoms with van der Waals surface area (Å²) in [5.74, 6) is 0.735. The van der Waals surface area contributed by atoms with Crippen molar-refractivity contribution in [1.29, 1.82) is 0 Å². The van der Waals surface area contributed by atoms with Gasteiger partial charge in [0.2, 0.25) is 0 Å². The molecule has 4 heteroatoms. The fourth-order valence-electron chi connectivity index (χ4n) is 1.93. The molecule has 0 fully saturated rings. The Balaban J connectivity index is 2.09. The van der Waals surface area contributed by atoms with Gasteiger partial charge in [-0.3, -0.25) is 4.98 Å². The molecule has 0 saturated carbocycles. The summed E-state index contributed by atoms with van der Waals surface area (Å²) < 4.78 is 18.8. The van der Waals surface area contributed by atoms with Gasteiger partial charge in [0.05, 0.1) is 0 Å². The van der Waals surface area contributed by atoms with E-state index in [0.717, 1.165) is 10.8 Å². The molecule has 0 aliphatic carbocycles. The molecule has 94 valence electrons. The van der Waals surface area contributed by atoms with Crippen LogP contribution in [0.3, 0.4) is 0 Å². The normalized spacial score (nSPS) is 10.6. The van der Waals surface area contributed by atoms with Crippen LogP contribution >= 0.6 is 0 Å². The number of nitrogens with zero attached hydrogens (tertiary/aromatic N) is 1. The van der Waals surface area contributed by atoms with Gasteiger partial charge in [-0.15, -0.1) is 0 Å². The first-order valence-corrected chi connectivity index (χ1v) is 5.80. The van der Waals surface area contributed by atoms with Gasteiger partial charge in [0.1, 0.15) is 17.3 Å². The van der Waals surface area contributed by atoms with Crippen LogP contribution < -0.4 is 10.5 Å². The molecule has 0 bridgehead atoms. The van der Waals surface area contributed by atoms with Crippen LogP contribution in [0.5, 0.6) is 11.5 Å². The molecule has 3 aromatic rings. The Morgan fingerprint density at radius 1 is 1.05 bits per heavy atom. The number of pyridine rings is 1. The largest absolute Gasteiger partial charge is 0.457 e. The maximum atomic E-state index is 13.1. The number of nitrogens with two attached hydrogens (primary N) is 1. The van der Waals surface area contributed by atoms with Gasteiger partial charge in [0, 0.05) is 34.9 Å². The molecule has 1 heterocycles. The van der Waals surface area contributed by atoms with Crippen molar-refractivity contribution in [3.8, 4) is 11.5 Å². The lowest BCUT2D eigenvalue weighted by Crippen LogP contribution is -1.91. The summed E-state index contributed by atoms with van der Waals surface area (Å²) in [7, 11) is 0. The summed E-state index contributed by atoms with van der Waals surface area (Å²) in [4.78, 5) is 4.04. The topological polar surface area (TPSA) is 48.1 Å². The van der Waals surface area contributed by atoms with Gasteiger partial charge in [-0.1, -0.05) is 6.07 Å². The zero-order valence-corrected chi connectivity index (χ0v) is 10.0. The highest BCUT2D eigenvalue weighted by molar-refractivity contribution is 5.96. The number of benzene rings is 2. The van der Waals surface area contributed by atoms with Crippen molar-refractivity contribution in [2.24, 2.45) is 0 Å². The Hall–Kier alpha value is -2.62. The van der Waals surface area contributed by atoms with Crippen LogP contribution in [0.25, 0.3) is 10.8 Å². The van der Waals surface area contributed by atoms with E-state index in [1.807, 2.05) is 6.07 Å². The highest BCUT2D eigenvalue weighted by Crippen LogP contribution is 2.32. The van der Waals surface area contributed by atoms with Crippen LogP contribution in [0.4, 0.5) is 10.1 Å². The van der Waals surface area contributed by atoms with Crippen LogP contribution in [0, 0.1) is 5.82 Å². The average molecular weight is 254 g/mol. The van der Waals surface area contributed by atoms with E-state index in [1.54, 1.807) is 36.7 Å². The number of hydrogen-bond donors (Lipinski definition) is 1. The lowest BCUT2D eigenvalue weighted by atomic mass is 10.1. The monoisotopic (exact) mass is 254 g/mol. The van der Waals surface area contributed by atoms with E-state index in [4.69, 9.17) is 10.5 Å². The van der Waals surface area contributed by atoms with Crippen molar-refractivity contribution in [3.05, 3.63) is 60.7 Å². The van der Waals surface area contributed by atoms with E-state index < -0.39 is 0 Å². The van der Waals surface area contributed by atoms with Crippen molar-refractivity contribution >= 4 is 16.5 Å². The van der Waals surface area contributed by atoms with E-state index in [2.05, 4.69) is 4.98 Å². The predicted octanol–water partition coefficient (Wildman–Crippen LogP) is 3.75. The third kappa shape index (κ3) is 2.20. The third-order valence-electron chi connectivity index (χ3n) is 2.84. The highest BCUT2D eigenvalue weighted by Gasteiger charge is 2.06. The maximum absolute atomic E-state index is 13.1. The molecule has 0 saturated heterocycles. The second-order valence-electron chi connectivity index (χ2n) is 4.13. The zero-order valence-electron chi connectivity index (χ0n) is 10.0. The molecule has 2 N–H and O–H groups in total. The molecular weight excluding hydrogens is 243 g/mol. The predicted molar refractivity (Wildman–Crippen MR) is 72.6 cm³/mol. The minimum absolute atomic E-state index is 0.334. The molecule has 0 aliphatic heterocycles. The van der Waals surface area contributed by atoms with Crippen LogP contribution in [0.15, 0.2) is 54.9 Å². The Morgan fingerprint density at radius 3 is 2.79 bits per heavy atom. The van der Waals surface area contributed by atoms with Gasteiger partial charge in [-0.2, -0.15) is 0 Å². The Morgan fingerprint density at radius 2 is 1.95 bits per heavy atom. The minimum atomic E-state index is -0.334. The van der Waals surface area contributed by atoms with Gasteiger partial charge in [-0.25, -0.2) is 4.39 Å². The van der Waals surface area contributed by atoms with Crippen molar-refractivity contribution in [2.45, 2.75) is 0 Å². The molecule has 0 atom stereocenters. The highest BCUT2D eigenvalue weighted by atomic mass is 19.1. The maximum Gasteiger partial charge on any atom is 0.135 e. The molecule has 3 rings (SSSR count).